The van der Waals surface area contributed by atoms with E-state index in [0.717, 1.165) is 19.3 Å². The van der Waals surface area contributed by atoms with Crippen LogP contribution in [0.5, 0.6) is 0 Å². The zero-order chi connectivity index (χ0) is 14.5. The molecule has 0 aromatic rings. The van der Waals surface area contributed by atoms with Crippen LogP contribution in [0.1, 0.15) is 46.0 Å². The maximum atomic E-state index is 11.9. The molecule has 6 heteroatoms. The van der Waals surface area contributed by atoms with Crippen LogP contribution in [0.25, 0.3) is 0 Å². The number of hydrogen-bond donors (Lipinski definition) is 3. The average molecular weight is 306 g/mol. The van der Waals surface area contributed by atoms with Gasteiger partial charge in [-0.15, -0.1) is 12.4 Å². The second kappa shape index (κ2) is 8.47. The Hall–Kier alpha value is -0.810. The summed E-state index contributed by atoms with van der Waals surface area (Å²) in [4.78, 5) is 23.5. The molecule has 2 atom stereocenters. The molecule has 0 bridgehead atoms. The highest BCUT2D eigenvalue weighted by molar-refractivity contribution is 5.85. The average Bonchev–Trinajstić information content (AvgIpc) is 2.38. The fraction of sp³-hybridized carbons (Fsp3) is 0.857. The molecule has 1 fully saturated rings. The third-order valence-electron chi connectivity index (χ3n) is 3.98. The van der Waals surface area contributed by atoms with Crippen molar-refractivity contribution in [3.8, 4) is 0 Å². The summed E-state index contributed by atoms with van der Waals surface area (Å²) in [6.45, 7) is 3.99. The van der Waals surface area contributed by atoms with E-state index in [1.165, 1.54) is 6.42 Å². The van der Waals surface area contributed by atoms with Crippen molar-refractivity contribution in [1.29, 1.82) is 0 Å². The number of rotatable bonds is 5. The van der Waals surface area contributed by atoms with E-state index in [1.54, 1.807) is 7.05 Å². The summed E-state index contributed by atoms with van der Waals surface area (Å²) in [6.07, 6.45) is 4.86. The quantitative estimate of drug-likeness (QED) is 0.713. The summed E-state index contributed by atoms with van der Waals surface area (Å²) < 4.78 is 0. The summed E-state index contributed by atoms with van der Waals surface area (Å²) in [7, 11) is 1.60. The molecule has 2 amide bonds. The number of amides is 2. The van der Waals surface area contributed by atoms with E-state index in [9.17, 15) is 9.59 Å². The van der Waals surface area contributed by atoms with E-state index in [4.69, 9.17) is 5.73 Å². The first-order valence-electron chi connectivity index (χ1n) is 7.11. The zero-order valence-electron chi connectivity index (χ0n) is 12.7. The summed E-state index contributed by atoms with van der Waals surface area (Å²) >= 11 is 0. The highest BCUT2D eigenvalue weighted by Gasteiger charge is 2.28. The first-order chi connectivity index (χ1) is 8.86. The van der Waals surface area contributed by atoms with E-state index in [2.05, 4.69) is 10.6 Å². The summed E-state index contributed by atoms with van der Waals surface area (Å²) in [5.74, 6) is 0.221. The molecule has 0 radical (unpaired) electrons. The van der Waals surface area contributed by atoms with Gasteiger partial charge in [-0.05, 0) is 32.6 Å². The van der Waals surface area contributed by atoms with Gasteiger partial charge >= 0.3 is 0 Å². The molecule has 1 saturated carbocycles. The lowest BCUT2D eigenvalue weighted by Gasteiger charge is -2.29. The first kappa shape index (κ1) is 19.2. The monoisotopic (exact) mass is 305 g/mol. The molecule has 1 aliphatic rings. The van der Waals surface area contributed by atoms with Crippen molar-refractivity contribution in [2.45, 2.75) is 52.0 Å². The van der Waals surface area contributed by atoms with Crippen LogP contribution >= 0.6 is 12.4 Å². The standard InChI is InChI=1S/C14H27N3O2.ClH/c1-14(2,13(19)16-3)9-17-12(18)8-10-6-4-5-7-11(10)15;/h10-11H,4-9,15H2,1-3H3,(H,16,19)(H,17,18);1H. The van der Waals surface area contributed by atoms with Gasteiger partial charge in [0.25, 0.3) is 0 Å². The lowest BCUT2D eigenvalue weighted by atomic mass is 9.82. The van der Waals surface area contributed by atoms with Gasteiger partial charge in [-0.2, -0.15) is 0 Å². The maximum Gasteiger partial charge on any atom is 0.227 e. The van der Waals surface area contributed by atoms with Crippen LogP contribution in [0.3, 0.4) is 0 Å². The lowest BCUT2D eigenvalue weighted by Crippen LogP contribution is -2.45. The predicted octanol–water partition coefficient (Wildman–Crippen LogP) is 1.20. The van der Waals surface area contributed by atoms with Gasteiger partial charge in [-0.25, -0.2) is 0 Å². The van der Waals surface area contributed by atoms with Crippen molar-refractivity contribution in [2.75, 3.05) is 13.6 Å². The van der Waals surface area contributed by atoms with E-state index < -0.39 is 5.41 Å². The fourth-order valence-corrected chi connectivity index (χ4v) is 2.54. The molecule has 20 heavy (non-hydrogen) atoms. The SMILES string of the molecule is CNC(=O)C(C)(C)CNC(=O)CC1CCCCC1N.Cl. The van der Waals surface area contributed by atoms with Gasteiger partial charge in [0.05, 0.1) is 5.41 Å². The third-order valence-corrected chi connectivity index (χ3v) is 3.98. The van der Waals surface area contributed by atoms with Crippen LogP contribution < -0.4 is 16.4 Å². The van der Waals surface area contributed by atoms with Gasteiger partial charge in [-0.1, -0.05) is 12.8 Å². The van der Waals surface area contributed by atoms with Crippen LogP contribution in [-0.4, -0.2) is 31.4 Å². The van der Waals surface area contributed by atoms with Crippen LogP contribution in [0.4, 0.5) is 0 Å². The van der Waals surface area contributed by atoms with E-state index in [-0.39, 0.29) is 36.2 Å². The second-order valence-electron chi connectivity index (χ2n) is 6.15. The Labute approximate surface area is 127 Å². The smallest absolute Gasteiger partial charge is 0.227 e. The van der Waals surface area contributed by atoms with Crippen molar-refractivity contribution >= 4 is 24.2 Å². The Balaban J connectivity index is 0.00000361. The van der Waals surface area contributed by atoms with Crippen LogP contribution in [-0.2, 0) is 9.59 Å². The Bertz CT molecular complexity index is 334. The molecule has 1 aliphatic carbocycles. The minimum absolute atomic E-state index is 0. The Morgan fingerprint density at radius 1 is 1.25 bits per heavy atom. The zero-order valence-corrected chi connectivity index (χ0v) is 13.5. The van der Waals surface area contributed by atoms with Crippen molar-refractivity contribution in [3.63, 3.8) is 0 Å². The third kappa shape index (κ3) is 5.67. The van der Waals surface area contributed by atoms with Gasteiger partial charge in [-0.3, -0.25) is 9.59 Å². The second-order valence-corrected chi connectivity index (χ2v) is 6.15. The first-order valence-corrected chi connectivity index (χ1v) is 7.11. The number of hydrogen-bond acceptors (Lipinski definition) is 3. The highest BCUT2D eigenvalue weighted by Crippen LogP contribution is 2.25. The normalized spacial score (nSPS) is 22.6. The molecule has 4 N–H and O–H groups in total. The van der Waals surface area contributed by atoms with Crippen LogP contribution in [0.15, 0.2) is 0 Å². The fourth-order valence-electron chi connectivity index (χ4n) is 2.54. The lowest BCUT2D eigenvalue weighted by molar-refractivity contribution is -0.129. The molecule has 0 spiro atoms. The molecule has 0 aromatic heterocycles. The van der Waals surface area contributed by atoms with Crippen LogP contribution in [0.2, 0.25) is 0 Å². The van der Waals surface area contributed by atoms with E-state index in [0.29, 0.717) is 13.0 Å². The molecule has 118 valence electrons. The van der Waals surface area contributed by atoms with Gasteiger partial charge in [0.2, 0.25) is 11.8 Å². The van der Waals surface area contributed by atoms with Crippen LogP contribution in [0, 0.1) is 11.3 Å². The molecular weight excluding hydrogens is 278 g/mol. The molecule has 0 aromatic carbocycles. The minimum Gasteiger partial charge on any atom is -0.359 e. The number of halogens is 1. The topological polar surface area (TPSA) is 84.2 Å². The number of nitrogens with one attached hydrogen (secondary N) is 2. The Morgan fingerprint density at radius 2 is 1.85 bits per heavy atom. The highest BCUT2D eigenvalue weighted by atomic mass is 35.5. The van der Waals surface area contributed by atoms with Gasteiger partial charge in [0.15, 0.2) is 0 Å². The molecule has 0 heterocycles. The molecule has 5 nitrogen and oxygen atoms in total. The van der Waals surface area contributed by atoms with E-state index in [1.807, 2.05) is 13.8 Å². The minimum atomic E-state index is -0.584. The Kier molecular flexibility index (Phi) is 8.13. The van der Waals surface area contributed by atoms with Crippen molar-refractivity contribution in [3.05, 3.63) is 0 Å². The number of nitrogens with two attached hydrogens (primary N) is 1. The van der Waals surface area contributed by atoms with E-state index >= 15 is 0 Å². The maximum absolute atomic E-state index is 11.9. The van der Waals surface area contributed by atoms with Crippen molar-refractivity contribution < 1.29 is 9.59 Å². The molecular formula is C14H28ClN3O2. The predicted molar refractivity (Wildman–Crippen MR) is 82.7 cm³/mol. The van der Waals surface area contributed by atoms with Gasteiger partial charge in [0, 0.05) is 26.1 Å². The summed E-state index contributed by atoms with van der Waals surface area (Å²) in [5, 5.41) is 5.46. The van der Waals surface area contributed by atoms with Gasteiger partial charge in [0.1, 0.15) is 0 Å². The summed E-state index contributed by atoms with van der Waals surface area (Å²) in [6, 6.07) is 0.145. The Morgan fingerprint density at radius 3 is 2.40 bits per heavy atom. The number of carbonyl (C=O) groups excluding carboxylic acids is 2. The molecule has 1 rings (SSSR count). The summed E-state index contributed by atoms with van der Waals surface area (Å²) in [5.41, 5.74) is 5.45. The largest absolute Gasteiger partial charge is 0.359 e. The number of carbonyl (C=O) groups is 2. The molecule has 0 aliphatic heterocycles. The van der Waals surface area contributed by atoms with Crippen molar-refractivity contribution in [2.24, 2.45) is 17.1 Å². The molecule has 2 unspecified atom stereocenters. The van der Waals surface area contributed by atoms with Crippen molar-refractivity contribution in [1.82, 2.24) is 10.6 Å². The molecule has 0 saturated heterocycles. The van der Waals surface area contributed by atoms with Gasteiger partial charge < -0.3 is 16.4 Å².